The number of aryl methyl sites for hydroxylation is 2. The van der Waals surface area contributed by atoms with E-state index in [0.717, 1.165) is 24.0 Å². The molecule has 3 aromatic rings. The smallest absolute Gasteiger partial charge is 0.238 e. The predicted molar refractivity (Wildman–Crippen MR) is 90.5 cm³/mol. The van der Waals surface area contributed by atoms with Crippen LogP contribution >= 0.6 is 0 Å². The van der Waals surface area contributed by atoms with E-state index in [4.69, 9.17) is 4.74 Å². The number of fused-ring (bicyclic) bond motifs is 1. The van der Waals surface area contributed by atoms with Gasteiger partial charge in [0.1, 0.15) is 11.3 Å². The molecule has 0 aliphatic rings. The van der Waals surface area contributed by atoms with E-state index in [0.29, 0.717) is 12.5 Å². The van der Waals surface area contributed by atoms with Gasteiger partial charge in [0.05, 0.1) is 6.61 Å². The summed E-state index contributed by atoms with van der Waals surface area (Å²) < 4.78 is 21.1. The Bertz CT molecular complexity index is 821. The molecule has 0 fully saturated rings. The highest BCUT2D eigenvalue weighted by Gasteiger charge is 2.15. The molecular weight excluding hydrogens is 291 g/mol. The quantitative estimate of drug-likeness (QED) is 0.696. The van der Waals surface area contributed by atoms with E-state index in [2.05, 4.69) is 30.3 Å². The molecule has 2 heterocycles. The van der Waals surface area contributed by atoms with Crippen LogP contribution in [0.1, 0.15) is 23.7 Å². The van der Waals surface area contributed by atoms with Crippen LogP contribution < -0.4 is 4.74 Å². The highest BCUT2D eigenvalue weighted by molar-refractivity contribution is 5.88. The standard InChI is InChI=1S/C19H21FN2O/c1-4-22-14(3)13(2)17-9-11-21-19(18(17)22)23-12-10-15-5-7-16(20)8-6-15/h5-9,11H,4,10,12H2,1-3H3. The maximum absolute atomic E-state index is 12.9. The highest BCUT2D eigenvalue weighted by atomic mass is 19.1. The van der Waals surface area contributed by atoms with Crippen molar-refractivity contribution in [1.82, 2.24) is 9.55 Å². The Morgan fingerprint density at radius 1 is 1.13 bits per heavy atom. The fourth-order valence-electron chi connectivity index (χ4n) is 2.98. The minimum atomic E-state index is -0.215. The molecule has 2 aromatic heterocycles. The number of rotatable bonds is 5. The molecule has 1 aromatic carbocycles. The van der Waals surface area contributed by atoms with Crippen LogP contribution in [0, 0.1) is 19.7 Å². The molecule has 0 saturated carbocycles. The lowest BCUT2D eigenvalue weighted by Crippen LogP contribution is -2.05. The fourth-order valence-corrected chi connectivity index (χ4v) is 2.98. The topological polar surface area (TPSA) is 27.1 Å². The van der Waals surface area contributed by atoms with Gasteiger partial charge < -0.3 is 9.30 Å². The SMILES string of the molecule is CCn1c(C)c(C)c2ccnc(OCCc3ccc(F)cc3)c21. The van der Waals surface area contributed by atoms with Gasteiger partial charge in [0.15, 0.2) is 0 Å². The number of nitrogens with zero attached hydrogens (tertiary/aromatic N) is 2. The summed E-state index contributed by atoms with van der Waals surface area (Å²) in [6.45, 7) is 7.79. The average molecular weight is 312 g/mol. The fraction of sp³-hybridized carbons (Fsp3) is 0.316. The zero-order chi connectivity index (χ0) is 16.4. The summed E-state index contributed by atoms with van der Waals surface area (Å²) in [5.74, 6) is 0.454. The van der Waals surface area contributed by atoms with E-state index in [1.165, 1.54) is 28.8 Å². The molecule has 23 heavy (non-hydrogen) atoms. The van der Waals surface area contributed by atoms with Crippen molar-refractivity contribution in [3.8, 4) is 5.88 Å². The number of pyridine rings is 1. The van der Waals surface area contributed by atoms with Gasteiger partial charge in [-0.05, 0) is 50.1 Å². The van der Waals surface area contributed by atoms with E-state index in [9.17, 15) is 4.39 Å². The van der Waals surface area contributed by atoms with Gasteiger partial charge in [-0.15, -0.1) is 0 Å². The number of aromatic nitrogens is 2. The van der Waals surface area contributed by atoms with Crippen molar-refractivity contribution in [3.63, 3.8) is 0 Å². The molecule has 0 aliphatic heterocycles. The second-order valence-electron chi connectivity index (χ2n) is 5.69. The van der Waals surface area contributed by atoms with E-state index >= 15 is 0 Å². The number of halogens is 1. The first-order valence-electron chi connectivity index (χ1n) is 7.93. The number of hydrogen-bond acceptors (Lipinski definition) is 2. The Kier molecular flexibility index (Phi) is 4.33. The molecule has 0 amide bonds. The predicted octanol–water partition coefficient (Wildman–Crippen LogP) is 4.43. The molecule has 0 saturated heterocycles. The average Bonchev–Trinajstić information content (AvgIpc) is 2.81. The summed E-state index contributed by atoms with van der Waals surface area (Å²) in [5, 5.41) is 1.19. The van der Waals surface area contributed by atoms with Gasteiger partial charge in [0, 0.05) is 30.2 Å². The van der Waals surface area contributed by atoms with Gasteiger partial charge in [-0.25, -0.2) is 9.37 Å². The summed E-state index contributed by atoms with van der Waals surface area (Å²) in [4.78, 5) is 4.41. The first-order valence-corrected chi connectivity index (χ1v) is 7.93. The van der Waals surface area contributed by atoms with Gasteiger partial charge in [0.25, 0.3) is 0 Å². The molecule has 0 N–H and O–H groups in total. The Morgan fingerprint density at radius 2 is 1.87 bits per heavy atom. The summed E-state index contributed by atoms with van der Waals surface area (Å²) in [6.07, 6.45) is 2.52. The van der Waals surface area contributed by atoms with Gasteiger partial charge in [-0.2, -0.15) is 0 Å². The van der Waals surface area contributed by atoms with Gasteiger partial charge >= 0.3 is 0 Å². The lowest BCUT2D eigenvalue weighted by molar-refractivity contribution is 0.312. The van der Waals surface area contributed by atoms with Crippen LogP contribution in [0.3, 0.4) is 0 Å². The molecule has 4 heteroatoms. The molecule has 0 radical (unpaired) electrons. The van der Waals surface area contributed by atoms with E-state index in [-0.39, 0.29) is 5.82 Å². The Labute approximate surface area is 135 Å². The lowest BCUT2D eigenvalue weighted by atomic mass is 10.1. The van der Waals surface area contributed by atoms with Crippen molar-refractivity contribution in [1.29, 1.82) is 0 Å². The van der Waals surface area contributed by atoms with E-state index < -0.39 is 0 Å². The number of hydrogen-bond donors (Lipinski definition) is 0. The zero-order valence-electron chi connectivity index (χ0n) is 13.8. The molecule has 0 unspecified atom stereocenters. The third kappa shape index (κ3) is 2.93. The molecule has 120 valence electrons. The summed E-state index contributed by atoms with van der Waals surface area (Å²) in [7, 11) is 0. The maximum Gasteiger partial charge on any atom is 0.238 e. The Morgan fingerprint density at radius 3 is 2.57 bits per heavy atom. The highest BCUT2D eigenvalue weighted by Crippen LogP contribution is 2.30. The number of ether oxygens (including phenoxy) is 1. The molecule has 0 bridgehead atoms. The van der Waals surface area contributed by atoms with E-state index in [1.54, 1.807) is 18.3 Å². The van der Waals surface area contributed by atoms with Crippen LogP contribution in [0.2, 0.25) is 0 Å². The van der Waals surface area contributed by atoms with Crippen molar-refractivity contribution in [2.24, 2.45) is 0 Å². The minimum absolute atomic E-state index is 0.215. The Hall–Kier alpha value is -2.36. The summed E-state index contributed by atoms with van der Waals surface area (Å²) in [6, 6.07) is 8.56. The first kappa shape index (κ1) is 15.5. The monoisotopic (exact) mass is 312 g/mol. The Balaban J connectivity index is 1.83. The van der Waals surface area contributed by atoms with Crippen molar-refractivity contribution in [2.75, 3.05) is 6.61 Å². The summed E-state index contributed by atoms with van der Waals surface area (Å²) in [5.41, 5.74) is 4.63. The van der Waals surface area contributed by atoms with Crippen LogP contribution in [0.15, 0.2) is 36.5 Å². The van der Waals surface area contributed by atoms with Crippen LogP contribution in [0.25, 0.3) is 10.9 Å². The summed E-state index contributed by atoms with van der Waals surface area (Å²) >= 11 is 0. The second-order valence-corrected chi connectivity index (χ2v) is 5.69. The van der Waals surface area contributed by atoms with Gasteiger partial charge in [-0.3, -0.25) is 0 Å². The maximum atomic E-state index is 12.9. The first-order chi connectivity index (χ1) is 11.1. The molecular formula is C19H21FN2O. The van der Waals surface area contributed by atoms with Crippen LogP contribution in [-0.2, 0) is 13.0 Å². The molecule has 3 nitrogen and oxygen atoms in total. The van der Waals surface area contributed by atoms with E-state index in [1.807, 2.05) is 6.07 Å². The van der Waals surface area contributed by atoms with Crippen LogP contribution in [-0.4, -0.2) is 16.2 Å². The van der Waals surface area contributed by atoms with Crippen molar-refractivity contribution >= 4 is 10.9 Å². The minimum Gasteiger partial charge on any atom is -0.476 e. The molecule has 0 atom stereocenters. The van der Waals surface area contributed by atoms with Crippen molar-refractivity contribution in [2.45, 2.75) is 33.7 Å². The third-order valence-electron chi connectivity index (χ3n) is 4.37. The molecule has 3 rings (SSSR count). The molecule has 0 aliphatic carbocycles. The third-order valence-corrected chi connectivity index (χ3v) is 4.37. The zero-order valence-corrected chi connectivity index (χ0v) is 13.8. The van der Waals surface area contributed by atoms with Gasteiger partial charge in [-0.1, -0.05) is 12.1 Å². The van der Waals surface area contributed by atoms with Crippen molar-refractivity contribution in [3.05, 3.63) is 59.2 Å². The normalized spacial score (nSPS) is 11.1. The second kappa shape index (κ2) is 6.41. The lowest BCUT2D eigenvalue weighted by Gasteiger charge is -2.10. The van der Waals surface area contributed by atoms with Crippen LogP contribution in [0.5, 0.6) is 5.88 Å². The molecule has 0 spiro atoms. The number of benzene rings is 1. The van der Waals surface area contributed by atoms with Crippen molar-refractivity contribution < 1.29 is 9.13 Å². The largest absolute Gasteiger partial charge is 0.476 e. The van der Waals surface area contributed by atoms with Gasteiger partial charge in [0.2, 0.25) is 5.88 Å². The van der Waals surface area contributed by atoms with Crippen LogP contribution in [0.4, 0.5) is 4.39 Å².